The number of rotatable bonds is 12. The number of amides is 2. The molecule has 202 valence electrons. The van der Waals surface area contributed by atoms with Crippen molar-refractivity contribution in [2.24, 2.45) is 5.92 Å². The Balaban J connectivity index is 1.65. The maximum absolute atomic E-state index is 13.2. The van der Waals surface area contributed by atoms with Gasteiger partial charge in [0.1, 0.15) is 11.8 Å². The highest BCUT2D eigenvalue weighted by atomic mass is 32.2. The van der Waals surface area contributed by atoms with Gasteiger partial charge in [-0.1, -0.05) is 44.2 Å². The van der Waals surface area contributed by atoms with Crippen LogP contribution in [0, 0.1) is 5.92 Å². The summed E-state index contributed by atoms with van der Waals surface area (Å²) < 4.78 is 37.9. The van der Waals surface area contributed by atoms with Crippen LogP contribution >= 0.6 is 0 Å². The minimum Gasteiger partial charge on any atom is -0.484 e. The summed E-state index contributed by atoms with van der Waals surface area (Å²) in [5, 5.41) is 2.91. The Bertz CT molecular complexity index is 1120. The van der Waals surface area contributed by atoms with Gasteiger partial charge >= 0.3 is 0 Å². The van der Waals surface area contributed by atoms with Crippen molar-refractivity contribution < 1.29 is 27.5 Å². The summed E-state index contributed by atoms with van der Waals surface area (Å²) in [6.07, 6.45) is 0.853. The summed E-state index contributed by atoms with van der Waals surface area (Å²) in [6, 6.07) is 14.8. The van der Waals surface area contributed by atoms with E-state index in [-0.39, 0.29) is 29.9 Å². The van der Waals surface area contributed by atoms with Gasteiger partial charge in [-0.15, -0.1) is 0 Å². The van der Waals surface area contributed by atoms with E-state index >= 15 is 0 Å². The van der Waals surface area contributed by atoms with Gasteiger partial charge in [0.25, 0.3) is 5.91 Å². The topological polar surface area (TPSA) is 105 Å². The van der Waals surface area contributed by atoms with E-state index in [4.69, 9.17) is 9.47 Å². The van der Waals surface area contributed by atoms with Gasteiger partial charge < -0.3 is 19.7 Å². The first-order chi connectivity index (χ1) is 17.7. The van der Waals surface area contributed by atoms with Gasteiger partial charge in [0.2, 0.25) is 15.9 Å². The average molecular weight is 532 g/mol. The summed E-state index contributed by atoms with van der Waals surface area (Å²) in [5.74, 6) is 0.257. The van der Waals surface area contributed by atoms with Crippen LogP contribution in [-0.2, 0) is 30.9 Å². The van der Waals surface area contributed by atoms with Crippen LogP contribution in [-0.4, -0.2) is 74.9 Å². The molecule has 1 N–H and O–H groups in total. The van der Waals surface area contributed by atoms with Crippen molar-refractivity contribution in [1.29, 1.82) is 0 Å². The first-order valence-electron chi connectivity index (χ1n) is 12.6. The first-order valence-corrected chi connectivity index (χ1v) is 14.0. The Hall–Kier alpha value is -2.95. The predicted molar refractivity (Wildman–Crippen MR) is 140 cm³/mol. The van der Waals surface area contributed by atoms with Crippen molar-refractivity contribution in [1.82, 2.24) is 14.5 Å². The molecule has 2 aromatic rings. The minimum atomic E-state index is -3.61. The van der Waals surface area contributed by atoms with Crippen molar-refractivity contribution >= 4 is 21.8 Å². The molecule has 1 heterocycles. The lowest BCUT2D eigenvalue weighted by Gasteiger charge is -2.29. The third-order valence-electron chi connectivity index (χ3n) is 6.18. The first kappa shape index (κ1) is 28.6. The second-order valence-electron chi connectivity index (χ2n) is 9.43. The average Bonchev–Trinajstić information content (AvgIpc) is 2.91. The lowest BCUT2D eigenvalue weighted by atomic mass is 10.1. The third-order valence-corrected chi connectivity index (χ3v) is 8.09. The van der Waals surface area contributed by atoms with Crippen molar-refractivity contribution in [3.05, 3.63) is 60.2 Å². The van der Waals surface area contributed by atoms with Gasteiger partial charge in [-0.3, -0.25) is 9.59 Å². The lowest BCUT2D eigenvalue weighted by Crippen LogP contribution is -2.49. The molecule has 1 fully saturated rings. The van der Waals surface area contributed by atoms with Gasteiger partial charge in [-0.25, -0.2) is 8.42 Å². The Kier molecular flexibility index (Phi) is 10.5. The van der Waals surface area contributed by atoms with Gasteiger partial charge in [0.05, 0.1) is 18.1 Å². The van der Waals surface area contributed by atoms with Crippen LogP contribution in [0.1, 0.15) is 32.8 Å². The quantitative estimate of drug-likeness (QED) is 0.452. The van der Waals surface area contributed by atoms with E-state index in [9.17, 15) is 18.0 Å². The molecule has 0 bridgehead atoms. The standard InChI is InChI=1S/C27H37N3O6S/c1-21(2)13-14-28-27(32)22(3)30(19-23-7-5-4-6-8-23)26(31)20-36-24-9-11-25(12-10-24)37(33,34)29-15-17-35-18-16-29/h4-12,21-22H,13-20H2,1-3H3,(H,28,32). The SMILES string of the molecule is CC(C)CCNC(=O)C(C)N(Cc1ccccc1)C(=O)COc1ccc(S(=O)(=O)N2CCOCC2)cc1. The van der Waals surface area contributed by atoms with E-state index in [0.29, 0.717) is 44.5 Å². The highest BCUT2D eigenvalue weighted by molar-refractivity contribution is 7.89. The Labute approximate surface area is 219 Å². The number of carbonyl (C=O) groups excluding carboxylic acids is 2. The molecule has 2 amide bonds. The molecule has 1 atom stereocenters. The molecule has 10 heteroatoms. The number of carbonyl (C=O) groups is 2. The van der Waals surface area contributed by atoms with Gasteiger partial charge in [-0.05, 0) is 49.1 Å². The fourth-order valence-corrected chi connectivity index (χ4v) is 5.27. The number of morpholine rings is 1. The smallest absolute Gasteiger partial charge is 0.261 e. The van der Waals surface area contributed by atoms with Crippen LogP contribution in [0.5, 0.6) is 5.75 Å². The number of benzene rings is 2. The van der Waals surface area contributed by atoms with Crippen molar-refractivity contribution in [2.75, 3.05) is 39.5 Å². The number of hydrogen-bond acceptors (Lipinski definition) is 6. The van der Waals surface area contributed by atoms with E-state index in [1.807, 2.05) is 30.3 Å². The monoisotopic (exact) mass is 531 g/mol. The van der Waals surface area contributed by atoms with E-state index in [1.165, 1.54) is 33.5 Å². The molecule has 9 nitrogen and oxygen atoms in total. The van der Waals surface area contributed by atoms with E-state index in [1.54, 1.807) is 6.92 Å². The number of hydrogen-bond donors (Lipinski definition) is 1. The molecule has 0 aromatic heterocycles. The van der Waals surface area contributed by atoms with Crippen LogP contribution in [0.2, 0.25) is 0 Å². The molecule has 1 aliphatic heterocycles. The summed E-state index contributed by atoms with van der Waals surface area (Å²) >= 11 is 0. The fraction of sp³-hybridized carbons (Fsp3) is 0.481. The van der Waals surface area contributed by atoms with Crippen LogP contribution < -0.4 is 10.1 Å². The molecule has 1 unspecified atom stereocenters. The molecule has 3 rings (SSSR count). The zero-order valence-corrected chi connectivity index (χ0v) is 22.6. The molecule has 0 saturated carbocycles. The van der Waals surface area contributed by atoms with Crippen molar-refractivity contribution in [3.63, 3.8) is 0 Å². The Morgan fingerprint density at radius 2 is 1.68 bits per heavy atom. The molecule has 2 aromatic carbocycles. The summed E-state index contributed by atoms with van der Waals surface area (Å²) in [6.45, 7) is 7.77. The highest BCUT2D eigenvalue weighted by Gasteiger charge is 2.28. The van der Waals surface area contributed by atoms with Crippen LogP contribution in [0.3, 0.4) is 0 Å². The molecule has 0 aliphatic carbocycles. The van der Waals surface area contributed by atoms with Gasteiger partial charge in [0.15, 0.2) is 6.61 Å². The normalized spacial score (nSPS) is 15.2. The largest absolute Gasteiger partial charge is 0.484 e. The van der Waals surface area contributed by atoms with E-state index in [0.717, 1.165) is 12.0 Å². The number of nitrogens with one attached hydrogen (secondary N) is 1. The second-order valence-corrected chi connectivity index (χ2v) is 11.4. The Morgan fingerprint density at radius 1 is 1.03 bits per heavy atom. The van der Waals surface area contributed by atoms with Crippen molar-refractivity contribution in [2.45, 2.75) is 44.7 Å². The van der Waals surface area contributed by atoms with Crippen molar-refractivity contribution in [3.8, 4) is 5.75 Å². The van der Waals surface area contributed by atoms with Gasteiger partial charge in [-0.2, -0.15) is 4.31 Å². The van der Waals surface area contributed by atoms with E-state index in [2.05, 4.69) is 19.2 Å². The van der Waals surface area contributed by atoms with E-state index < -0.39 is 16.1 Å². The summed E-state index contributed by atoms with van der Waals surface area (Å²) in [7, 11) is -3.61. The second kappa shape index (κ2) is 13.6. The number of sulfonamides is 1. The zero-order valence-electron chi connectivity index (χ0n) is 21.8. The molecule has 37 heavy (non-hydrogen) atoms. The molecular weight excluding hydrogens is 494 g/mol. The van der Waals surface area contributed by atoms with Gasteiger partial charge in [0, 0.05) is 26.2 Å². The number of nitrogens with zero attached hydrogens (tertiary/aromatic N) is 2. The van der Waals surface area contributed by atoms with Crippen LogP contribution in [0.15, 0.2) is 59.5 Å². The molecule has 0 radical (unpaired) electrons. The summed E-state index contributed by atoms with van der Waals surface area (Å²) in [4.78, 5) is 27.6. The summed E-state index contributed by atoms with van der Waals surface area (Å²) in [5.41, 5.74) is 0.898. The maximum atomic E-state index is 13.2. The van der Waals surface area contributed by atoms with Crippen LogP contribution in [0.4, 0.5) is 0 Å². The van der Waals surface area contributed by atoms with Crippen LogP contribution in [0.25, 0.3) is 0 Å². The minimum absolute atomic E-state index is 0.158. The third kappa shape index (κ3) is 8.28. The Morgan fingerprint density at radius 3 is 2.30 bits per heavy atom. The number of ether oxygens (including phenoxy) is 2. The maximum Gasteiger partial charge on any atom is 0.261 e. The molecule has 0 spiro atoms. The highest BCUT2D eigenvalue weighted by Crippen LogP contribution is 2.21. The molecule has 1 saturated heterocycles. The molecular formula is C27H37N3O6S. The predicted octanol–water partition coefficient (Wildman–Crippen LogP) is 2.67. The molecule has 1 aliphatic rings. The zero-order chi connectivity index (χ0) is 26.8. The fourth-order valence-electron chi connectivity index (χ4n) is 3.87. The lowest BCUT2D eigenvalue weighted by molar-refractivity contribution is -0.142.